The van der Waals surface area contributed by atoms with Crippen LogP contribution in [0.15, 0.2) is 54.6 Å². The molecule has 0 aliphatic carbocycles. The summed E-state index contributed by atoms with van der Waals surface area (Å²) < 4.78 is 0. The molecule has 0 unspecified atom stereocenters. The molecule has 1 fully saturated rings. The maximum absolute atomic E-state index is 12.5. The quantitative estimate of drug-likeness (QED) is 0.778. The molecule has 0 radical (unpaired) electrons. The van der Waals surface area contributed by atoms with Crippen molar-refractivity contribution in [1.82, 2.24) is 10.2 Å². The number of halogens is 1. The molecule has 2 aromatic rings. The van der Waals surface area contributed by atoms with Crippen molar-refractivity contribution in [2.75, 3.05) is 18.4 Å². The van der Waals surface area contributed by atoms with Gasteiger partial charge in [-0.25, -0.2) is 0 Å². The molecule has 5 nitrogen and oxygen atoms in total. The van der Waals surface area contributed by atoms with Crippen LogP contribution in [0.2, 0.25) is 5.02 Å². The highest BCUT2D eigenvalue weighted by Crippen LogP contribution is 2.21. The van der Waals surface area contributed by atoms with Crippen molar-refractivity contribution in [2.45, 2.75) is 32.4 Å². The van der Waals surface area contributed by atoms with E-state index >= 15 is 0 Å². The molecule has 1 aliphatic rings. The number of likely N-dealkylation sites (tertiary alicyclic amines) is 1. The Morgan fingerprint density at radius 1 is 1.11 bits per heavy atom. The molecule has 2 N–H and O–H groups in total. The van der Waals surface area contributed by atoms with E-state index in [1.165, 1.54) is 0 Å². The van der Waals surface area contributed by atoms with Crippen LogP contribution in [0.5, 0.6) is 0 Å². The summed E-state index contributed by atoms with van der Waals surface area (Å²) >= 11 is 5.97. The molecule has 1 atom stereocenters. The number of hydrogen-bond donors (Lipinski definition) is 2. The Kier molecular flexibility index (Phi) is 7.06. The summed E-state index contributed by atoms with van der Waals surface area (Å²) in [6, 6.07) is 16.8. The predicted octanol–water partition coefficient (Wildman–Crippen LogP) is 3.70. The number of carbonyl (C=O) groups is 2. The molecular formula is C22H26ClN3O2. The maximum Gasteiger partial charge on any atom is 0.241 e. The van der Waals surface area contributed by atoms with Crippen molar-refractivity contribution >= 4 is 29.1 Å². The third-order valence-corrected chi connectivity index (χ3v) is 5.46. The van der Waals surface area contributed by atoms with Crippen LogP contribution in [0.1, 0.15) is 25.3 Å². The van der Waals surface area contributed by atoms with Crippen LogP contribution in [-0.4, -0.2) is 35.8 Å². The van der Waals surface area contributed by atoms with E-state index in [9.17, 15) is 9.59 Å². The Hall–Kier alpha value is -2.37. The zero-order valence-corrected chi connectivity index (χ0v) is 16.8. The highest BCUT2D eigenvalue weighted by atomic mass is 35.5. The van der Waals surface area contributed by atoms with E-state index in [2.05, 4.69) is 15.5 Å². The summed E-state index contributed by atoms with van der Waals surface area (Å²) in [5.74, 6) is 0.0388. The number of amides is 2. The first-order valence-electron chi connectivity index (χ1n) is 9.65. The van der Waals surface area contributed by atoms with Crippen molar-refractivity contribution in [3.05, 3.63) is 65.2 Å². The second-order valence-corrected chi connectivity index (χ2v) is 7.63. The van der Waals surface area contributed by atoms with Crippen LogP contribution in [0, 0.1) is 5.92 Å². The Morgan fingerprint density at radius 3 is 2.50 bits per heavy atom. The van der Waals surface area contributed by atoms with Gasteiger partial charge in [0.2, 0.25) is 11.8 Å². The second-order valence-electron chi connectivity index (χ2n) is 7.19. The van der Waals surface area contributed by atoms with Crippen LogP contribution in [0.3, 0.4) is 0 Å². The van der Waals surface area contributed by atoms with E-state index in [-0.39, 0.29) is 23.8 Å². The maximum atomic E-state index is 12.5. The van der Waals surface area contributed by atoms with Gasteiger partial charge in [-0.05, 0) is 56.6 Å². The minimum Gasteiger partial charge on any atom is -0.352 e. The molecule has 0 saturated carbocycles. The molecule has 0 spiro atoms. The van der Waals surface area contributed by atoms with Gasteiger partial charge in [-0.1, -0.05) is 48.0 Å². The van der Waals surface area contributed by atoms with E-state index in [0.29, 0.717) is 17.3 Å². The van der Waals surface area contributed by atoms with Crippen LogP contribution in [-0.2, 0) is 16.1 Å². The minimum atomic E-state index is -0.257. The number of nitrogens with one attached hydrogen (secondary N) is 2. The first-order valence-corrected chi connectivity index (χ1v) is 10.0. The number of hydrogen-bond acceptors (Lipinski definition) is 3. The monoisotopic (exact) mass is 399 g/mol. The highest BCUT2D eigenvalue weighted by Gasteiger charge is 2.29. The first-order chi connectivity index (χ1) is 13.5. The lowest BCUT2D eigenvalue weighted by Crippen LogP contribution is -2.48. The fourth-order valence-electron chi connectivity index (χ4n) is 3.46. The number of piperidine rings is 1. The van der Waals surface area contributed by atoms with Crippen LogP contribution >= 0.6 is 11.6 Å². The van der Waals surface area contributed by atoms with E-state index in [0.717, 1.165) is 31.5 Å². The van der Waals surface area contributed by atoms with Crippen molar-refractivity contribution in [3.63, 3.8) is 0 Å². The Labute approximate surface area is 171 Å². The number of nitrogens with zero attached hydrogens (tertiary/aromatic N) is 1. The van der Waals surface area contributed by atoms with Gasteiger partial charge in [-0.2, -0.15) is 0 Å². The van der Waals surface area contributed by atoms with Gasteiger partial charge in [0.25, 0.3) is 0 Å². The van der Waals surface area contributed by atoms with Gasteiger partial charge in [0.15, 0.2) is 0 Å². The number of anilines is 1. The number of benzene rings is 2. The lowest BCUT2D eigenvalue weighted by Gasteiger charge is -2.34. The average molecular weight is 400 g/mol. The molecule has 3 rings (SSSR count). The molecule has 28 heavy (non-hydrogen) atoms. The zero-order chi connectivity index (χ0) is 19.9. The summed E-state index contributed by atoms with van der Waals surface area (Å²) in [4.78, 5) is 27.1. The SMILES string of the molecule is C[C@H](C(=O)Nc1cccc(Cl)c1)N1CCC(C(=O)NCc2ccccc2)CC1. The Balaban J connectivity index is 1.44. The Bertz CT molecular complexity index is 804. The molecule has 6 heteroatoms. The van der Waals surface area contributed by atoms with E-state index in [4.69, 9.17) is 11.6 Å². The van der Waals surface area contributed by atoms with Gasteiger partial charge >= 0.3 is 0 Å². The highest BCUT2D eigenvalue weighted by molar-refractivity contribution is 6.30. The lowest BCUT2D eigenvalue weighted by atomic mass is 9.94. The standard InChI is InChI=1S/C22H26ClN3O2/c1-16(21(27)25-20-9-5-8-19(23)14-20)26-12-10-18(11-13-26)22(28)24-15-17-6-3-2-4-7-17/h2-9,14,16,18H,10-13,15H2,1H3,(H,24,28)(H,25,27)/t16-/m1/s1. The number of carbonyl (C=O) groups excluding carboxylic acids is 2. The van der Waals surface area contributed by atoms with Crippen molar-refractivity contribution < 1.29 is 9.59 Å². The van der Waals surface area contributed by atoms with Gasteiger partial charge in [0.05, 0.1) is 6.04 Å². The molecule has 2 amide bonds. The van der Waals surface area contributed by atoms with E-state index in [1.807, 2.05) is 49.4 Å². The smallest absolute Gasteiger partial charge is 0.241 e. The van der Waals surface area contributed by atoms with Crippen LogP contribution in [0.4, 0.5) is 5.69 Å². The molecule has 1 heterocycles. The van der Waals surface area contributed by atoms with Gasteiger partial charge < -0.3 is 10.6 Å². The molecule has 2 aromatic carbocycles. The molecule has 1 saturated heterocycles. The summed E-state index contributed by atoms with van der Waals surface area (Å²) in [7, 11) is 0. The second kappa shape index (κ2) is 9.71. The molecule has 0 aromatic heterocycles. The summed E-state index contributed by atoms with van der Waals surface area (Å²) in [6.07, 6.45) is 1.52. The fourth-order valence-corrected chi connectivity index (χ4v) is 3.65. The Morgan fingerprint density at radius 2 is 1.82 bits per heavy atom. The lowest BCUT2D eigenvalue weighted by molar-refractivity contribution is -0.127. The molecule has 148 valence electrons. The molecular weight excluding hydrogens is 374 g/mol. The van der Waals surface area contributed by atoms with Gasteiger partial charge in [0, 0.05) is 23.2 Å². The van der Waals surface area contributed by atoms with E-state index in [1.54, 1.807) is 12.1 Å². The average Bonchev–Trinajstić information content (AvgIpc) is 2.72. The number of rotatable bonds is 6. The van der Waals surface area contributed by atoms with Crippen LogP contribution in [0.25, 0.3) is 0 Å². The van der Waals surface area contributed by atoms with Crippen LogP contribution < -0.4 is 10.6 Å². The van der Waals surface area contributed by atoms with Crippen molar-refractivity contribution in [3.8, 4) is 0 Å². The third kappa shape index (κ3) is 5.57. The normalized spacial score (nSPS) is 16.4. The summed E-state index contributed by atoms with van der Waals surface area (Å²) in [5, 5.41) is 6.52. The topological polar surface area (TPSA) is 61.4 Å². The molecule has 0 bridgehead atoms. The van der Waals surface area contributed by atoms with Crippen molar-refractivity contribution in [2.24, 2.45) is 5.92 Å². The summed E-state index contributed by atoms with van der Waals surface area (Å²) in [6.45, 7) is 3.91. The summed E-state index contributed by atoms with van der Waals surface area (Å²) in [5.41, 5.74) is 1.79. The fraction of sp³-hybridized carbons (Fsp3) is 0.364. The minimum absolute atomic E-state index is 0.00292. The zero-order valence-electron chi connectivity index (χ0n) is 16.0. The van der Waals surface area contributed by atoms with Gasteiger partial charge in [-0.3, -0.25) is 14.5 Å². The molecule has 1 aliphatic heterocycles. The first kappa shape index (κ1) is 20.4. The third-order valence-electron chi connectivity index (χ3n) is 5.23. The predicted molar refractivity (Wildman–Crippen MR) is 112 cm³/mol. The van der Waals surface area contributed by atoms with E-state index < -0.39 is 0 Å². The van der Waals surface area contributed by atoms with Gasteiger partial charge in [0.1, 0.15) is 0 Å². The van der Waals surface area contributed by atoms with Crippen molar-refractivity contribution in [1.29, 1.82) is 0 Å². The van der Waals surface area contributed by atoms with Gasteiger partial charge in [-0.15, -0.1) is 0 Å². The largest absolute Gasteiger partial charge is 0.352 e.